The van der Waals surface area contributed by atoms with Crippen molar-refractivity contribution in [2.75, 3.05) is 24.3 Å². The normalized spacial score (nSPS) is 18.3. The number of amides is 2. The van der Waals surface area contributed by atoms with Crippen molar-refractivity contribution in [2.24, 2.45) is 0 Å². The molecule has 18 heavy (non-hydrogen) atoms. The maximum atomic E-state index is 11.9. The van der Waals surface area contributed by atoms with E-state index in [1.54, 1.807) is 0 Å². The number of nitrogens with zero attached hydrogens (tertiary/aromatic N) is 1. The second-order valence-corrected chi connectivity index (χ2v) is 4.38. The second-order valence-electron chi connectivity index (χ2n) is 4.38. The van der Waals surface area contributed by atoms with Crippen LogP contribution >= 0.6 is 0 Å². The van der Waals surface area contributed by atoms with E-state index in [4.69, 9.17) is 0 Å². The first kappa shape index (κ1) is 12.4. The molecule has 0 aliphatic carbocycles. The smallest absolute Gasteiger partial charge is 0.243 e. The second kappa shape index (κ2) is 5.05. The summed E-state index contributed by atoms with van der Waals surface area (Å²) < 4.78 is 0. The van der Waals surface area contributed by atoms with Crippen molar-refractivity contribution in [2.45, 2.75) is 12.5 Å². The molecule has 1 atom stereocenters. The molecule has 6 nitrogen and oxygen atoms in total. The molecule has 2 rings (SSSR count). The van der Waals surface area contributed by atoms with Gasteiger partial charge < -0.3 is 10.2 Å². The molecule has 0 aromatic heterocycles. The summed E-state index contributed by atoms with van der Waals surface area (Å²) >= 11 is 0. The highest BCUT2D eigenvalue weighted by Gasteiger charge is 2.27. The maximum absolute atomic E-state index is 11.9. The van der Waals surface area contributed by atoms with E-state index in [-0.39, 0.29) is 18.2 Å². The van der Waals surface area contributed by atoms with Crippen molar-refractivity contribution < 1.29 is 9.59 Å². The van der Waals surface area contributed by atoms with Crippen LogP contribution in [0.2, 0.25) is 0 Å². The number of anilines is 2. The van der Waals surface area contributed by atoms with Gasteiger partial charge in [-0.05, 0) is 18.2 Å². The molecule has 0 spiro atoms. The summed E-state index contributed by atoms with van der Waals surface area (Å²) in [5.41, 5.74) is 6.77. The zero-order chi connectivity index (χ0) is 13.1. The lowest BCUT2D eigenvalue weighted by molar-refractivity contribution is -0.121. The minimum Gasteiger partial charge on any atom is -0.378 e. The highest BCUT2D eigenvalue weighted by atomic mass is 16.2. The van der Waals surface area contributed by atoms with E-state index >= 15 is 0 Å². The predicted octanol–water partition coefficient (Wildman–Crippen LogP) is 0.0842. The monoisotopic (exact) mass is 248 g/mol. The lowest BCUT2D eigenvalue weighted by atomic mass is 10.2. The van der Waals surface area contributed by atoms with E-state index in [1.165, 1.54) is 0 Å². The van der Waals surface area contributed by atoms with E-state index in [1.807, 2.05) is 43.3 Å². The third-order valence-electron chi connectivity index (χ3n) is 2.72. The van der Waals surface area contributed by atoms with Gasteiger partial charge in [-0.15, -0.1) is 0 Å². The van der Waals surface area contributed by atoms with Crippen LogP contribution in [0.3, 0.4) is 0 Å². The van der Waals surface area contributed by atoms with Crippen LogP contribution < -0.4 is 21.1 Å². The van der Waals surface area contributed by atoms with Gasteiger partial charge in [-0.2, -0.15) is 0 Å². The molecule has 1 aromatic carbocycles. The number of carbonyl (C=O) groups excluding carboxylic acids is 2. The Labute approximate surface area is 105 Å². The summed E-state index contributed by atoms with van der Waals surface area (Å²) in [5, 5.41) is 2.78. The number of carbonyl (C=O) groups is 2. The fourth-order valence-corrected chi connectivity index (χ4v) is 1.70. The molecule has 1 aliphatic heterocycles. The lowest BCUT2D eigenvalue weighted by Crippen LogP contribution is -2.39. The third-order valence-corrected chi connectivity index (χ3v) is 2.72. The molecule has 6 heteroatoms. The van der Waals surface area contributed by atoms with Crippen molar-refractivity contribution >= 4 is 23.2 Å². The molecule has 0 saturated carbocycles. The zero-order valence-electron chi connectivity index (χ0n) is 10.4. The van der Waals surface area contributed by atoms with Crippen LogP contribution in [0.15, 0.2) is 24.3 Å². The Kier molecular flexibility index (Phi) is 3.47. The van der Waals surface area contributed by atoms with Gasteiger partial charge in [-0.3, -0.25) is 15.0 Å². The van der Waals surface area contributed by atoms with Gasteiger partial charge in [0.15, 0.2) is 0 Å². The summed E-state index contributed by atoms with van der Waals surface area (Å²) in [6.45, 7) is 0. The summed E-state index contributed by atoms with van der Waals surface area (Å²) in [5.74, 6) is -0.388. The highest BCUT2D eigenvalue weighted by molar-refractivity contribution is 5.99. The van der Waals surface area contributed by atoms with E-state index in [2.05, 4.69) is 16.2 Å². The predicted molar refractivity (Wildman–Crippen MR) is 69.1 cm³/mol. The minimum absolute atomic E-state index is 0.166. The van der Waals surface area contributed by atoms with Crippen LogP contribution in [0, 0.1) is 0 Å². The van der Waals surface area contributed by atoms with Crippen molar-refractivity contribution in [3.63, 3.8) is 0 Å². The molecule has 1 aliphatic rings. The van der Waals surface area contributed by atoms with Crippen LogP contribution in [0.4, 0.5) is 11.4 Å². The summed E-state index contributed by atoms with van der Waals surface area (Å²) in [4.78, 5) is 24.8. The van der Waals surface area contributed by atoms with Crippen molar-refractivity contribution in [3.8, 4) is 0 Å². The first-order valence-electron chi connectivity index (χ1n) is 5.69. The standard InChI is InChI=1S/C12H16N4O2/c1-16(2)9-5-3-4-8(6-9)13-12(18)10-7-11(17)15-14-10/h3-6,10,14H,7H2,1-2H3,(H,13,18)(H,15,17). The molecular weight excluding hydrogens is 232 g/mol. The first-order chi connectivity index (χ1) is 8.56. The number of nitrogens with one attached hydrogen (secondary N) is 3. The number of hydrogen-bond acceptors (Lipinski definition) is 4. The zero-order valence-corrected chi connectivity index (χ0v) is 10.4. The minimum atomic E-state index is -0.513. The Hall–Kier alpha value is -2.08. The van der Waals surface area contributed by atoms with Gasteiger partial charge in [0.25, 0.3) is 0 Å². The Morgan fingerprint density at radius 1 is 1.44 bits per heavy atom. The topological polar surface area (TPSA) is 73.5 Å². The molecule has 96 valence electrons. The average molecular weight is 248 g/mol. The molecule has 1 aromatic rings. The summed E-state index contributed by atoms with van der Waals surface area (Å²) in [6, 6.07) is 7.00. The average Bonchev–Trinajstić information content (AvgIpc) is 2.76. The van der Waals surface area contributed by atoms with Crippen molar-refractivity contribution in [1.82, 2.24) is 10.9 Å². The summed E-state index contributed by atoms with van der Waals surface area (Å²) in [7, 11) is 3.87. The quantitative estimate of drug-likeness (QED) is 0.708. The molecular formula is C12H16N4O2. The van der Waals surface area contributed by atoms with Crippen LogP contribution in [-0.2, 0) is 9.59 Å². The van der Waals surface area contributed by atoms with E-state index in [0.717, 1.165) is 5.69 Å². The van der Waals surface area contributed by atoms with E-state index in [0.29, 0.717) is 5.69 Å². The number of benzene rings is 1. The number of hydrogen-bond donors (Lipinski definition) is 3. The summed E-state index contributed by atoms with van der Waals surface area (Å²) in [6.07, 6.45) is 0.166. The number of hydrazine groups is 1. The van der Waals surface area contributed by atoms with Gasteiger partial charge in [0.2, 0.25) is 11.8 Å². The van der Waals surface area contributed by atoms with Crippen molar-refractivity contribution in [3.05, 3.63) is 24.3 Å². The molecule has 1 fully saturated rings. The molecule has 1 saturated heterocycles. The largest absolute Gasteiger partial charge is 0.378 e. The fourth-order valence-electron chi connectivity index (χ4n) is 1.70. The Bertz CT molecular complexity index is 473. The maximum Gasteiger partial charge on any atom is 0.243 e. The molecule has 3 N–H and O–H groups in total. The van der Waals surface area contributed by atoms with Crippen molar-refractivity contribution in [1.29, 1.82) is 0 Å². The van der Waals surface area contributed by atoms with Gasteiger partial charge in [0, 0.05) is 25.5 Å². The molecule has 1 heterocycles. The van der Waals surface area contributed by atoms with Crippen LogP contribution in [0.25, 0.3) is 0 Å². The van der Waals surface area contributed by atoms with E-state index in [9.17, 15) is 9.59 Å². The molecule has 0 radical (unpaired) electrons. The SMILES string of the molecule is CN(C)c1cccc(NC(=O)C2CC(=O)NN2)c1. The van der Waals surface area contributed by atoms with Crippen LogP contribution in [-0.4, -0.2) is 32.0 Å². The third kappa shape index (κ3) is 2.78. The molecule has 1 unspecified atom stereocenters. The molecule has 2 amide bonds. The van der Waals surface area contributed by atoms with Gasteiger partial charge in [-0.1, -0.05) is 6.07 Å². The van der Waals surface area contributed by atoms with Gasteiger partial charge in [-0.25, -0.2) is 5.43 Å². The van der Waals surface area contributed by atoms with Gasteiger partial charge in [0.05, 0.1) is 6.42 Å². The fraction of sp³-hybridized carbons (Fsp3) is 0.333. The van der Waals surface area contributed by atoms with E-state index < -0.39 is 6.04 Å². The lowest BCUT2D eigenvalue weighted by Gasteiger charge is -2.15. The molecule has 0 bridgehead atoms. The van der Waals surface area contributed by atoms with Gasteiger partial charge in [0.1, 0.15) is 6.04 Å². The van der Waals surface area contributed by atoms with Gasteiger partial charge >= 0.3 is 0 Å². The Morgan fingerprint density at radius 3 is 2.83 bits per heavy atom. The Morgan fingerprint density at radius 2 is 2.22 bits per heavy atom. The van der Waals surface area contributed by atoms with Crippen LogP contribution in [0.1, 0.15) is 6.42 Å². The Balaban J connectivity index is 2.02. The van der Waals surface area contributed by atoms with Crippen LogP contribution in [0.5, 0.6) is 0 Å². The first-order valence-corrected chi connectivity index (χ1v) is 5.69. The number of rotatable bonds is 3. The highest BCUT2D eigenvalue weighted by Crippen LogP contribution is 2.17.